The Hall–Kier alpha value is -0.680. The van der Waals surface area contributed by atoms with Gasteiger partial charge < -0.3 is 10.1 Å². The number of methoxy groups -OCH3 is 1. The van der Waals surface area contributed by atoms with Crippen molar-refractivity contribution in [2.75, 3.05) is 20.2 Å². The van der Waals surface area contributed by atoms with Gasteiger partial charge in [-0.15, -0.1) is 0 Å². The number of likely N-dealkylation sites (tertiary alicyclic amines) is 1. The van der Waals surface area contributed by atoms with E-state index in [-0.39, 0.29) is 5.91 Å². The highest BCUT2D eigenvalue weighted by molar-refractivity contribution is 6.68. The fraction of sp³-hybridized carbons (Fsp3) is 0.562. The van der Waals surface area contributed by atoms with Crippen molar-refractivity contribution in [1.29, 1.82) is 0 Å². The summed E-state index contributed by atoms with van der Waals surface area (Å²) >= 11 is 18.4. The van der Waals surface area contributed by atoms with Gasteiger partial charge in [0, 0.05) is 18.7 Å². The lowest BCUT2D eigenvalue weighted by atomic mass is 10.2. The molecule has 4 nitrogen and oxygen atoms in total. The largest absolute Gasteiger partial charge is 0.497 e. The van der Waals surface area contributed by atoms with Gasteiger partial charge in [-0.05, 0) is 37.1 Å². The van der Waals surface area contributed by atoms with Crippen LogP contribution in [0.5, 0.6) is 5.75 Å². The minimum Gasteiger partial charge on any atom is -0.497 e. The van der Waals surface area contributed by atoms with E-state index >= 15 is 0 Å². The molecule has 7 heteroatoms. The van der Waals surface area contributed by atoms with E-state index < -0.39 is 9.96 Å². The average molecular weight is 380 g/mol. The van der Waals surface area contributed by atoms with Crippen LogP contribution in [-0.2, 0) is 0 Å². The smallest absolute Gasteiger partial charge is 0.252 e. The highest BCUT2D eigenvalue weighted by Gasteiger charge is 2.38. The third-order valence-electron chi connectivity index (χ3n) is 3.94. The standard InChI is InChI=1S/C16H21Cl3N2O2/c1-23-13-8-6-12(7-9-13)14(22)20-15(16(17,18)19)21-10-4-2-3-5-11-21/h6-9,15H,2-5,10-11H2,1H3,(H,20,22)/t15-/m1/s1. The molecule has 0 saturated carbocycles. The monoisotopic (exact) mass is 378 g/mol. The summed E-state index contributed by atoms with van der Waals surface area (Å²) in [5.74, 6) is 0.417. The van der Waals surface area contributed by atoms with Crippen LogP contribution in [-0.4, -0.2) is 41.0 Å². The van der Waals surface area contributed by atoms with Gasteiger partial charge in [0.25, 0.3) is 5.91 Å². The van der Waals surface area contributed by atoms with Crippen LogP contribution in [0.1, 0.15) is 36.0 Å². The molecule has 1 saturated heterocycles. The maximum absolute atomic E-state index is 12.5. The number of nitrogens with one attached hydrogen (secondary N) is 1. The van der Waals surface area contributed by atoms with Gasteiger partial charge in [0.15, 0.2) is 0 Å². The molecule has 2 rings (SSSR count). The number of carbonyl (C=O) groups is 1. The van der Waals surface area contributed by atoms with Gasteiger partial charge in [-0.3, -0.25) is 9.69 Å². The van der Waals surface area contributed by atoms with Crippen molar-refractivity contribution >= 4 is 40.7 Å². The molecule has 0 unspecified atom stereocenters. The highest BCUT2D eigenvalue weighted by Crippen LogP contribution is 2.33. The van der Waals surface area contributed by atoms with Crippen LogP contribution >= 0.6 is 34.8 Å². The Bertz CT molecular complexity index is 509. The van der Waals surface area contributed by atoms with E-state index in [2.05, 4.69) is 5.32 Å². The van der Waals surface area contributed by atoms with Crippen molar-refractivity contribution in [3.8, 4) is 5.75 Å². The topological polar surface area (TPSA) is 41.6 Å². The first-order chi connectivity index (χ1) is 10.9. The van der Waals surface area contributed by atoms with Gasteiger partial charge in [-0.25, -0.2) is 0 Å². The second-order valence-electron chi connectivity index (χ2n) is 5.60. The zero-order valence-corrected chi connectivity index (χ0v) is 15.3. The van der Waals surface area contributed by atoms with E-state index in [1.54, 1.807) is 31.4 Å². The Labute approximate surface area is 152 Å². The highest BCUT2D eigenvalue weighted by atomic mass is 35.6. The van der Waals surface area contributed by atoms with Crippen molar-refractivity contribution in [3.63, 3.8) is 0 Å². The van der Waals surface area contributed by atoms with Crippen LogP contribution in [0, 0.1) is 0 Å². The molecular weight excluding hydrogens is 359 g/mol. The fourth-order valence-corrected chi connectivity index (χ4v) is 3.26. The predicted octanol–water partition coefficient (Wildman–Crippen LogP) is 4.00. The molecule has 0 spiro atoms. The molecule has 0 aliphatic carbocycles. The van der Waals surface area contributed by atoms with Crippen LogP contribution in [0.15, 0.2) is 24.3 Å². The molecule has 1 aliphatic heterocycles. The Morgan fingerprint density at radius 2 is 1.70 bits per heavy atom. The quantitative estimate of drug-likeness (QED) is 0.804. The van der Waals surface area contributed by atoms with Crippen molar-refractivity contribution in [3.05, 3.63) is 29.8 Å². The zero-order valence-electron chi connectivity index (χ0n) is 13.0. The molecule has 1 atom stereocenters. The molecule has 1 aliphatic rings. The van der Waals surface area contributed by atoms with Gasteiger partial charge in [0.05, 0.1) is 7.11 Å². The molecule has 1 aromatic rings. The Morgan fingerprint density at radius 3 is 2.17 bits per heavy atom. The van der Waals surface area contributed by atoms with Crippen LogP contribution in [0.25, 0.3) is 0 Å². The van der Waals surface area contributed by atoms with Gasteiger partial charge in [0.2, 0.25) is 3.79 Å². The van der Waals surface area contributed by atoms with E-state index in [0.29, 0.717) is 11.3 Å². The molecular formula is C16H21Cl3N2O2. The Balaban J connectivity index is 2.11. The number of ether oxygens (including phenoxy) is 1. The summed E-state index contributed by atoms with van der Waals surface area (Å²) in [5.41, 5.74) is 0.500. The lowest BCUT2D eigenvalue weighted by Gasteiger charge is -2.35. The summed E-state index contributed by atoms with van der Waals surface area (Å²) in [5, 5.41) is 2.86. The fourth-order valence-electron chi connectivity index (χ4n) is 2.68. The molecule has 0 radical (unpaired) electrons. The van der Waals surface area contributed by atoms with Gasteiger partial charge in [-0.2, -0.15) is 0 Å². The minimum absolute atomic E-state index is 0.270. The van der Waals surface area contributed by atoms with E-state index in [1.807, 2.05) is 4.90 Å². The first-order valence-corrected chi connectivity index (χ1v) is 8.81. The second-order valence-corrected chi connectivity index (χ2v) is 7.97. The van der Waals surface area contributed by atoms with Crippen LogP contribution in [0.4, 0.5) is 0 Å². The summed E-state index contributed by atoms with van der Waals surface area (Å²) < 4.78 is 3.50. The summed E-state index contributed by atoms with van der Waals surface area (Å²) in [7, 11) is 1.58. The summed E-state index contributed by atoms with van der Waals surface area (Å²) in [6.07, 6.45) is 3.75. The summed E-state index contributed by atoms with van der Waals surface area (Å²) in [6, 6.07) is 6.83. The van der Waals surface area contributed by atoms with Crippen LogP contribution in [0.3, 0.4) is 0 Å². The molecule has 1 heterocycles. The lowest BCUT2D eigenvalue weighted by Crippen LogP contribution is -2.55. The third kappa shape index (κ3) is 5.42. The second kappa shape index (κ2) is 8.43. The molecule has 1 N–H and O–H groups in total. The Morgan fingerprint density at radius 1 is 1.13 bits per heavy atom. The SMILES string of the molecule is COc1ccc(C(=O)N[C@H](N2CCCCCC2)C(Cl)(Cl)Cl)cc1. The lowest BCUT2D eigenvalue weighted by molar-refractivity contribution is 0.0853. The van der Waals surface area contributed by atoms with Gasteiger partial charge in [-0.1, -0.05) is 47.6 Å². The van der Waals surface area contributed by atoms with E-state index in [4.69, 9.17) is 39.5 Å². The number of carbonyl (C=O) groups excluding carboxylic acids is 1. The average Bonchev–Trinajstić information content (AvgIpc) is 2.80. The van der Waals surface area contributed by atoms with Crippen molar-refractivity contribution < 1.29 is 9.53 Å². The van der Waals surface area contributed by atoms with Crippen molar-refractivity contribution in [2.24, 2.45) is 0 Å². The number of halogens is 3. The van der Waals surface area contributed by atoms with Crippen molar-refractivity contribution in [1.82, 2.24) is 10.2 Å². The molecule has 0 aromatic heterocycles. The van der Waals surface area contributed by atoms with Crippen LogP contribution < -0.4 is 10.1 Å². The minimum atomic E-state index is -1.59. The summed E-state index contributed by atoms with van der Waals surface area (Å²) in [6.45, 7) is 1.61. The van der Waals surface area contributed by atoms with E-state index in [1.165, 1.54) is 0 Å². The maximum Gasteiger partial charge on any atom is 0.252 e. The molecule has 1 fully saturated rings. The first-order valence-electron chi connectivity index (χ1n) is 7.67. The summed E-state index contributed by atoms with van der Waals surface area (Å²) in [4.78, 5) is 14.5. The van der Waals surface area contributed by atoms with E-state index in [0.717, 1.165) is 38.8 Å². The number of benzene rings is 1. The number of hydrogen-bond donors (Lipinski definition) is 1. The number of amides is 1. The number of alkyl halides is 3. The normalized spacial score (nSPS) is 18.1. The molecule has 23 heavy (non-hydrogen) atoms. The molecule has 1 aromatic carbocycles. The van der Waals surface area contributed by atoms with Gasteiger partial charge in [0.1, 0.15) is 11.9 Å². The number of nitrogens with zero attached hydrogens (tertiary/aromatic N) is 1. The predicted molar refractivity (Wildman–Crippen MR) is 94.6 cm³/mol. The van der Waals surface area contributed by atoms with Crippen molar-refractivity contribution in [2.45, 2.75) is 35.6 Å². The molecule has 128 valence electrons. The number of rotatable bonds is 4. The van der Waals surface area contributed by atoms with Crippen LogP contribution in [0.2, 0.25) is 0 Å². The number of hydrogen-bond acceptors (Lipinski definition) is 3. The Kier molecular flexibility index (Phi) is 6.84. The molecule has 1 amide bonds. The third-order valence-corrected chi connectivity index (χ3v) is 4.56. The maximum atomic E-state index is 12.5. The first kappa shape index (κ1) is 18.7. The van der Waals surface area contributed by atoms with E-state index in [9.17, 15) is 4.79 Å². The molecule has 0 bridgehead atoms. The van der Waals surface area contributed by atoms with Gasteiger partial charge >= 0.3 is 0 Å². The zero-order chi connectivity index (χ0) is 16.9.